The Morgan fingerprint density at radius 2 is 1.50 bits per heavy atom. The van der Waals surface area contributed by atoms with Crippen molar-refractivity contribution in [1.29, 1.82) is 0 Å². The summed E-state index contributed by atoms with van der Waals surface area (Å²) in [5.74, 6) is 5.47. The fourth-order valence-corrected chi connectivity index (χ4v) is 5.66. The lowest BCUT2D eigenvalue weighted by Gasteiger charge is -2.27. The second-order valence-electron chi connectivity index (χ2n) is 11.9. The van der Waals surface area contributed by atoms with Crippen LogP contribution in [-0.2, 0) is 13.0 Å². The molecule has 1 atom stereocenters. The van der Waals surface area contributed by atoms with Gasteiger partial charge in [0, 0.05) is 19.5 Å². The van der Waals surface area contributed by atoms with E-state index in [2.05, 4.69) is 72.3 Å². The van der Waals surface area contributed by atoms with E-state index < -0.39 is 0 Å². The van der Waals surface area contributed by atoms with Gasteiger partial charge in [-0.1, -0.05) is 121 Å². The highest BCUT2D eigenvalue weighted by atomic mass is 16.5. The van der Waals surface area contributed by atoms with Gasteiger partial charge in [0.2, 0.25) is 0 Å². The molecular formula is C38H53N3O. The molecule has 1 saturated carbocycles. The number of aromatic nitrogens is 2. The molecule has 0 spiro atoms. The third-order valence-corrected chi connectivity index (χ3v) is 8.05. The number of fused-ring (bicyclic) bond motifs is 1. The van der Waals surface area contributed by atoms with Gasteiger partial charge >= 0.3 is 0 Å². The van der Waals surface area contributed by atoms with E-state index in [1.807, 2.05) is 70.1 Å². The molecule has 0 aliphatic heterocycles. The molecule has 3 aromatic carbocycles. The largest absolute Gasteiger partial charge is 0.489 e. The zero-order valence-corrected chi connectivity index (χ0v) is 27.1. The Balaban J connectivity index is 0.000000254. The summed E-state index contributed by atoms with van der Waals surface area (Å²) in [5.41, 5.74) is 3.62. The fourth-order valence-electron chi connectivity index (χ4n) is 5.66. The van der Waals surface area contributed by atoms with Crippen LogP contribution in [0.1, 0.15) is 83.2 Å². The Morgan fingerprint density at radius 3 is 2.21 bits per heavy atom. The first-order valence-electron chi connectivity index (χ1n) is 16.0. The minimum absolute atomic E-state index is 0.639. The van der Waals surface area contributed by atoms with Crippen LogP contribution in [0.2, 0.25) is 0 Å². The molecule has 5 rings (SSSR count). The first-order valence-corrected chi connectivity index (χ1v) is 16.0. The summed E-state index contributed by atoms with van der Waals surface area (Å²) in [5, 5.41) is 1.10. The first-order chi connectivity index (χ1) is 20.4. The average Bonchev–Trinajstić information content (AvgIpc) is 3.01. The van der Waals surface area contributed by atoms with Crippen molar-refractivity contribution >= 4 is 16.7 Å². The molecule has 0 radical (unpaired) electrons. The van der Waals surface area contributed by atoms with E-state index in [0.29, 0.717) is 6.61 Å². The minimum atomic E-state index is 0.639. The average molecular weight is 568 g/mol. The van der Waals surface area contributed by atoms with Crippen LogP contribution in [0.15, 0.2) is 78.9 Å². The van der Waals surface area contributed by atoms with Crippen molar-refractivity contribution in [2.75, 3.05) is 19.0 Å². The van der Waals surface area contributed by atoms with Crippen LogP contribution in [0, 0.1) is 24.7 Å². The lowest BCUT2D eigenvalue weighted by Crippen LogP contribution is -2.13. The second-order valence-corrected chi connectivity index (χ2v) is 11.9. The summed E-state index contributed by atoms with van der Waals surface area (Å²) in [4.78, 5) is 10.8. The third kappa shape index (κ3) is 10.8. The minimum Gasteiger partial charge on any atom is -0.489 e. The molecule has 0 amide bonds. The Bertz CT molecular complexity index is 1310. The van der Waals surface area contributed by atoms with E-state index >= 15 is 0 Å². The first kappa shape index (κ1) is 33.1. The highest BCUT2D eigenvalue weighted by molar-refractivity contribution is 5.89. The van der Waals surface area contributed by atoms with Crippen LogP contribution >= 0.6 is 0 Å². The second kappa shape index (κ2) is 17.5. The smallest absolute Gasteiger partial charge is 0.139 e. The summed E-state index contributed by atoms with van der Waals surface area (Å²) in [6.45, 7) is 11.4. The number of hydrogen-bond acceptors (Lipinski definition) is 4. The van der Waals surface area contributed by atoms with E-state index in [-0.39, 0.29) is 0 Å². The Morgan fingerprint density at radius 1 is 0.833 bits per heavy atom. The highest BCUT2D eigenvalue weighted by Gasteiger charge is 2.18. The van der Waals surface area contributed by atoms with Gasteiger partial charge in [-0.25, -0.2) is 9.97 Å². The molecule has 1 fully saturated rings. The van der Waals surface area contributed by atoms with Crippen LogP contribution in [0.3, 0.4) is 0 Å². The molecule has 4 aromatic rings. The molecule has 1 aromatic heterocycles. The molecule has 42 heavy (non-hydrogen) atoms. The molecule has 1 aliphatic rings. The molecule has 4 nitrogen and oxygen atoms in total. The number of nitrogens with zero attached hydrogens (tertiary/aromatic N) is 3. The normalized spacial score (nSPS) is 16.8. The topological polar surface area (TPSA) is 38.2 Å². The van der Waals surface area contributed by atoms with Gasteiger partial charge in [0.05, 0.1) is 5.52 Å². The Hall–Kier alpha value is -3.40. The van der Waals surface area contributed by atoms with Crippen molar-refractivity contribution in [2.24, 2.45) is 17.8 Å². The summed E-state index contributed by atoms with van der Waals surface area (Å²) in [6, 6.07) is 27.1. The standard InChI is InChI=1S/C25H34O.C11H13N3.C2H6/c1-20-11-14-22(15-12-20)16-13-21(2)17-24-9-6-10-25(18-24)26-19-23-7-4-3-5-8-23;1-8-12-10-7-5-4-6-9(10)11(13-8)14(2)3;1-2/h3-10,18,20-22H,11-17,19H2,1-2H3;4-7H,1-3H3;1-2H3. The number of hydrogen-bond donors (Lipinski definition) is 0. The monoisotopic (exact) mass is 567 g/mol. The van der Waals surface area contributed by atoms with E-state index in [0.717, 1.165) is 52.5 Å². The van der Waals surface area contributed by atoms with Crippen molar-refractivity contribution in [1.82, 2.24) is 9.97 Å². The van der Waals surface area contributed by atoms with Crippen LogP contribution in [0.25, 0.3) is 10.9 Å². The predicted octanol–water partition coefficient (Wildman–Crippen LogP) is 10.1. The molecule has 0 bridgehead atoms. The van der Waals surface area contributed by atoms with Gasteiger partial charge in [-0.15, -0.1) is 0 Å². The van der Waals surface area contributed by atoms with Crippen molar-refractivity contribution in [3.63, 3.8) is 0 Å². The van der Waals surface area contributed by atoms with E-state index in [9.17, 15) is 0 Å². The molecule has 1 aliphatic carbocycles. The number of ether oxygens (including phenoxy) is 1. The summed E-state index contributed by atoms with van der Waals surface area (Å²) in [6.07, 6.45) is 9.73. The molecule has 0 saturated heterocycles. The lowest BCUT2D eigenvalue weighted by atomic mass is 9.79. The third-order valence-electron chi connectivity index (χ3n) is 8.05. The maximum Gasteiger partial charge on any atom is 0.139 e. The van der Waals surface area contributed by atoms with E-state index in [1.165, 1.54) is 49.7 Å². The Labute approximate surface area is 255 Å². The predicted molar refractivity (Wildman–Crippen MR) is 180 cm³/mol. The van der Waals surface area contributed by atoms with Crippen LogP contribution in [-0.4, -0.2) is 24.1 Å². The maximum atomic E-state index is 5.98. The molecule has 226 valence electrons. The number of aryl methyl sites for hydroxylation is 1. The van der Waals surface area contributed by atoms with Gasteiger partial charge in [0.1, 0.15) is 24.0 Å². The molecular weight excluding hydrogens is 514 g/mol. The van der Waals surface area contributed by atoms with Crippen LogP contribution in [0.5, 0.6) is 5.75 Å². The maximum absolute atomic E-state index is 5.98. The van der Waals surface area contributed by atoms with E-state index in [1.54, 1.807) is 0 Å². The number of benzene rings is 3. The summed E-state index contributed by atoms with van der Waals surface area (Å²) >= 11 is 0. The highest BCUT2D eigenvalue weighted by Crippen LogP contribution is 2.32. The quantitative estimate of drug-likeness (QED) is 0.202. The van der Waals surface area contributed by atoms with Crippen molar-refractivity contribution in [3.8, 4) is 5.75 Å². The van der Waals surface area contributed by atoms with Gasteiger partial charge in [0.15, 0.2) is 0 Å². The van der Waals surface area contributed by atoms with E-state index in [4.69, 9.17) is 4.74 Å². The van der Waals surface area contributed by atoms with Crippen LogP contribution < -0.4 is 9.64 Å². The van der Waals surface area contributed by atoms with Crippen molar-refractivity contribution in [2.45, 2.75) is 86.2 Å². The summed E-state index contributed by atoms with van der Waals surface area (Å²) < 4.78 is 5.98. The van der Waals surface area contributed by atoms with Gasteiger partial charge in [-0.2, -0.15) is 0 Å². The zero-order valence-electron chi connectivity index (χ0n) is 27.1. The Kier molecular flexibility index (Phi) is 13.8. The van der Waals surface area contributed by atoms with Crippen molar-refractivity contribution in [3.05, 3.63) is 95.8 Å². The zero-order chi connectivity index (χ0) is 30.3. The SMILES string of the molecule is CC.CC1CCC(CCC(C)Cc2cccc(OCc3ccccc3)c2)CC1.Cc1nc(N(C)C)c2ccccc2n1. The number of anilines is 1. The molecule has 4 heteroatoms. The lowest BCUT2D eigenvalue weighted by molar-refractivity contribution is 0.262. The molecule has 1 heterocycles. The number of rotatable bonds is 9. The van der Waals surface area contributed by atoms with Gasteiger partial charge in [0.25, 0.3) is 0 Å². The van der Waals surface area contributed by atoms with Gasteiger partial charge in [-0.05, 0) is 66.5 Å². The molecule has 1 unspecified atom stereocenters. The van der Waals surface area contributed by atoms with Gasteiger partial charge in [-0.3, -0.25) is 0 Å². The molecule has 0 N–H and O–H groups in total. The number of para-hydroxylation sites is 1. The van der Waals surface area contributed by atoms with Crippen LogP contribution in [0.4, 0.5) is 5.82 Å². The summed E-state index contributed by atoms with van der Waals surface area (Å²) in [7, 11) is 3.99. The van der Waals surface area contributed by atoms with Crippen molar-refractivity contribution < 1.29 is 4.74 Å². The van der Waals surface area contributed by atoms with Gasteiger partial charge < -0.3 is 9.64 Å². The fraction of sp³-hybridized carbons (Fsp3) is 0.474.